The first kappa shape index (κ1) is 15.3. The Bertz CT molecular complexity index is 518. The van der Waals surface area contributed by atoms with Crippen LogP contribution in [0.25, 0.3) is 0 Å². The summed E-state index contributed by atoms with van der Waals surface area (Å²) < 4.78 is 0. The van der Waals surface area contributed by atoms with E-state index in [9.17, 15) is 9.59 Å². The molecule has 7 heteroatoms. The first-order valence-electron chi connectivity index (χ1n) is 7.38. The number of carboxylic acids is 1. The summed E-state index contributed by atoms with van der Waals surface area (Å²) >= 11 is 0. The van der Waals surface area contributed by atoms with Gasteiger partial charge >= 0.3 is 12.0 Å². The number of aromatic nitrogens is 2. The van der Waals surface area contributed by atoms with Crippen LogP contribution in [0.15, 0.2) is 6.20 Å². The molecule has 0 aliphatic heterocycles. The molecule has 0 radical (unpaired) electrons. The fourth-order valence-corrected chi connectivity index (χ4v) is 2.56. The van der Waals surface area contributed by atoms with Gasteiger partial charge in [-0.1, -0.05) is 13.8 Å². The molecule has 1 heterocycles. The molecule has 1 aliphatic carbocycles. The van der Waals surface area contributed by atoms with Crippen LogP contribution in [-0.4, -0.2) is 33.1 Å². The second kappa shape index (κ2) is 6.15. The zero-order valence-electron chi connectivity index (χ0n) is 12.4. The lowest BCUT2D eigenvalue weighted by Gasteiger charge is -2.41. The second-order valence-electron chi connectivity index (χ2n) is 5.50. The van der Waals surface area contributed by atoms with Crippen LogP contribution >= 0.6 is 0 Å². The van der Waals surface area contributed by atoms with Gasteiger partial charge in [-0.15, -0.1) is 0 Å². The molecule has 0 aromatic carbocycles. The number of carbonyl (C=O) groups is 2. The lowest BCUT2D eigenvalue weighted by molar-refractivity contribution is 0.0690. The van der Waals surface area contributed by atoms with Crippen LogP contribution in [0.4, 0.5) is 4.79 Å². The molecule has 1 aliphatic rings. The van der Waals surface area contributed by atoms with Crippen molar-refractivity contribution in [3.8, 4) is 0 Å². The number of amides is 2. The van der Waals surface area contributed by atoms with Crippen molar-refractivity contribution in [3.05, 3.63) is 17.7 Å². The van der Waals surface area contributed by atoms with Gasteiger partial charge in [-0.05, 0) is 32.1 Å². The van der Waals surface area contributed by atoms with E-state index in [1.807, 2.05) is 13.8 Å². The van der Waals surface area contributed by atoms with Crippen LogP contribution < -0.4 is 10.6 Å². The van der Waals surface area contributed by atoms with Crippen LogP contribution in [0.3, 0.4) is 0 Å². The number of rotatable bonds is 6. The molecular formula is C14H22N4O3. The van der Waals surface area contributed by atoms with E-state index in [0.717, 1.165) is 32.1 Å². The summed E-state index contributed by atoms with van der Waals surface area (Å²) in [5.74, 6) is -0.532. The number of H-pyrrole nitrogens is 1. The normalized spacial score (nSPS) is 16.3. The van der Waals surface area contributed by atoms with E-state index in [4.69, 9.17) is 5.11 Å². The van der Waals surface area contributed by atoms with E-state index in [0.29, 0.717) is 5.82 Å². The lowest BCUT2D eigenvalue weighted by Crippen LogP contribution is -2.55. The van der Waals surface area contributed by atoms with E-state index in [-0.39, 0.29) is 17.8 Å². The highest BCUT2D eigenvalue weighted by molar-refractivity contribution is 5.85. The fourth-order valence-electron chi connectivity index (χ4n) is 2.56. The standard InChI is InChI=1S/C14H22N4O3/c1-3-9(4-2)16-13(21)18-14(6-5-7-14)12-15-8-10(17-12)11(19)20/h8-9H,3-7H2,1-2H3,(H,15,17)(H,19,20)(H2,16,18,21). The summed E-state index contributed by atoms with van der Waals surface area (Å²) in [6.45, 7) is 4.05. The number of nitrogens with zero attached hydrogens (tertiary/aromatic N) is 1. The van der Waals surface area contributed by atoms with Gasteiger partial charge in [-0.3, -0.25) is 0 Å². The molecule has 21 heavy (non-hydrogen) atoms. The van der Waals surface area contributed by atoms with E-state index < -0.39 is 11.5 Å². The number of hydrogen-bond acceptors (Lipinski definition) is 3. The number of aromatic carboxylic acids is 1. The van der Waals surface area contributed by atoms with E-state index in [1.54, 1.807) is 0 Å². The third-order valence-corrected chi connectivity index (χ3v) is 4.14. The number of hydrogen-bond donors (Lipinski definition) is 4. The number of imidazole rings is 1. The Morgan fingerprint density at radius 2 is 2.10 bits per heavy atom. The van der Waals surface area contributed by atoms with Crippen molar-refractivity contribution in [3.63, 3.8) is 0 Å². The molecule has 0 spiro atoms. The van der Waals surface area contributed by atoms with E-state index in [1.165, 1.54) is 6.20 Å². The highest BCUT2D eigenvalue weighted by Crippen LogP contribution is 2.39. The van der Waals surface area contributed by atoms with Crippen molar-refractivity contribution in [2.75, 3.05) is 0 Å². The summed E-state index contributed by atoms with van der Waals surface area (Å²) in [6.07, 6.45) is 5.54. The van der Waals surface area contributed by atoms with Crippen LogP contribution in [-0.2, 0) is 5.54 Å². The van der Waals surface area contributed by atoms with Gasteiger partial charge in [0.25, 0.3) is 0 Å². The first-order valence-corrected chi connectivity index (χ1v) is 7.38. The molecule has 116 valence electrons. The third-order valence-electron chi connectivity index (χ3n) is 4.14. The van der Waals surface area contributed by atoms with Crippen molar-refractivity contribution in [1.29, 1.82) is 0 Å². The molecule has 1 fully saturated rings. The molecule has 1 aromatic rings. The van der Waals surface area contributed by atoms with Crippen LogP contribution in [0, 0.1) is 0 Å². The summed E-state index contributed by atoms with van der Waals surface area (Å²) in [7, 11) is 0. The molecule has 0 bridgehead atoms. The number of nitrogens with one attached hydrogen (secondary N) is 3. The monoisotopic (exact) mass is 294 g/mol. The summed E-state index contributed by atoms with van der Waals surface area (Å²) in [5.41, 5.74) is -0.525. The van der Waals surface area contributed by atoms with Gasteiger partial charge in [-0.25, -0.2) is 14.6 Å². The Hall–Kier alpha value is -2.05. The minimum atomic E-state index is -1.05. The zero-order valence-corrected chi connectivity index (χ0v) is 12.4. The minimum Gasteiger partial charge on any atom is -0.477 e. The van der Waals surface area contributed by atoms with Gasteiger partial charge in [0.15, 0.2) is 0 Å². The average Bonchev–Trinajstić information content (AvgIpc) is 2.90. The Morgan fingerprint density at radius 1 is 1.43 bits per heavy atom. The molecule has 2 amide bonds. The molecule has 1 aromatic heterocycles. The molecule has 0 atom stereocenters. The predicted octanol–water partition coefficient (Wildman–Crippen LogP) is 1.97. The number of carboxylic acid groups (broad SMARTS) is 1. The SMILES string of the molecule is CCC(CC)NC(=O)NC1(c2ncc(C(=O)O)[nH]2)CCC1. The molecule has 7 nitrogen and oxygen atoms in total. The van der Waals surface area contributed by atoms with Crippen molar-refractivity contribution >= 4 is 12.0 Å². The van der Waals surface area contributed by atoms with E-state index >= 15 is 0 Å². The first-order chi connectivity index (χ1) is 10.0. The zero-order chi connectivity index (χ0) is 15.5. The smallest absolute Gasteiger partial charge is 0.353 e. The minimum absolute atomic E-state index is 0.0403. The van der Waals surface area contributed by atoms with Gasteiger partial charge in [0, 0.05) is 6.04 Å². The second-order valence-corrected chi connectivity index (χ2v) is 5.50. The topological polar surface area (TPSA) is 107 Å². The number of aromatic amines is 1. The molecular weight excluding hydrogens is 272 g/mol. The molecule has 2 rings (SSSR count). The fraction of sp³-hybridized carbons (Fsp3) is 0.643. The maximum Gasteiger partial charge on any atom is 0.353 e. The Kier molecular flexibility index (Phi) is 4.50. The van der Waals surface area contributed by atoms with Crippen molar-refractivity contribution < 1.29 is 14.7 Å². The number of carbonyl (C=O) groups excluding carboxylic acids is 1. The largest absolute Gasteiger partial charge is 0.477 e. The predicted molar refractivity (Wildman–Crippen MR) is 77.1 cm³/mol. The maximum atomic E-state index is 12.1. The maximum absolute atomic E-state index is 12.1. The van der Waals surface area contributed by atoms with Crippen LogP contribution in [0.5, 0.6) is 0 Å². The van der Waals surface area contributed by atoms with Gasteiger partial charge in [0.05, 0.1) is 11.7 Å². The molecule has 4 N–H and O–H groups in total. The Morgan fingerprint density at radius 3 is 2.52 bits per heavy atom. The van der Waals surface area contributed by atoms with Gasteiger partial charge in [0.2, 0.25) is 0 Å². The lowest BCUT2D eigenvalue weighted by atomic mass is 9.76. The van der Waals surface area contributed by atoms with Crippen LogP contribution in [0.2, 0.25) is 0 Å². The van der Waals surface area contributed by atoms with Gasteiger partial charge in [0.1, 0.15) is 11.5 Å². The number of urea groups is 1. The summed E-state index contributed by atoms with van der Waals surface area (Å²) in [4.78, 5) is 29.9. The average molecular weight is 294 g/mol. The van der Waals surface area contributed by atoms with Crippen molar-refractivity contribution in [1.82, 2.24) is 20.6 Å². The Labute approximate surface area is 123 Å². The molecule has 1 saturated carbocycles. The Balaban J connectivity index is 2.07. The summed E-state index contributed by atoms with van der Waals surface area (Å²) in [5, 5.41) is 14.8. The van der Waals surface area contributed by atoms with Crippen molar-refractivity contribution in [2.45, 2.75) is 57.5 Å². The summed E-state index contributed by atoms with van der Waals surface area (Å²) in [6, 6.07) is -0.0787. The third kappa shape index (κ3) is 3.17. The van der Waals surface area contributed by atoms with E-state index in [2.05, 4.69) is 20.6 Å². The van der Waals surface area contributed by atoms with Crippen LogP contribution in [0.1, 0.15) is 62.3 Å². The quantitative estimate of drug-likeness (QED) is 0.643. The van der Waals surface area contributed by atoms with Gasteiger partial charge < -0.3 is 20.7 Å². The highest BCUT2D eigenvalue weighted by atomic mass is 16.4. The highest BCUT2D eigenvalue weighted by Gasteiger charge is 2.43. The van der Waals surface area contributed by atoms with Crippen molar-refractivity contribution in [2.24, 2.45) is 0 Å². The molecule has 0 unspecified atom stereocenters. The molecule has 0 saturated heterocycles. The van der Waals surface area contributed by atoms with Gasteiger partial charge in [-0.2, -0.15) is 0 Å².